The minimum absolute atomic E-state index is 0.00853. The summed E-state index contributed by atoms with van der Waals surface area (Å²) in [6.07, 6.45) is 3.61. The number of aromatic nitrogens is 2. The molecule has 3 rings (SSSR count). The van der Waals surface area contributed by atoms with Gasteiger partial charge in [0.25, 0.3) is 0 Å². The molecule has 0 spiro atoms. The van der Waals surface area contributed by atoms with Gasteiger partial charge >= 0.3 is 0 Å². The molecule has 0 aliphatic carbocycles. The first-order valence-corrected chi connectivity index (χ1v) is 7.85. The number of hydrogen-bond acceptors (Lipinski definition) is 4. The zero-order valence-corrected chi connectivity index (χ0v) is 13.2. The summed E-state index contributed by atoms with van der Waals surface area (Å²) in [5, 5.41) is 17.2. The first-order chi connectivity index (χ1) is 11.2. The van der Waals surface area contributed by atoms with Gasteiger partial charge in [-0.05, 0) is 23.6 Å². The maximum Gasteiger partial charge on any atom is 0.237 e. The highest BCUT2D eigenvalue weighted by atomic mass is 16.3. The Hall–Kier alpha value is -2.18. The molecule has 23 heavy (non-hydrogen) atoms. The van der Waals surface area contributed by atoms with E-state index in [-0.39, 0.29) is 11.9 Å². The van der Waals surface area contributed by atoms with Crippen molar-refractivity contribution in [2.45, 2.75) is 31.7 Å². The van der Waals surface area contributed by atoms with Crippen molar-refractivity contribution in [3.63, 3.8) is 0 Å². The Labute approximate surface area is 135 Å². The van der Waals surface area contributed by atoms with E-state index in [4.69, 9.17) is 0 Å². The standard InChI is InChI=1S/C17H22N4O2/c1-18-17(23)16-9-13-5-2-3-6-14(13)10-20(16)11-15(22)12-21-8-4-7-19-21/h2-8,15-16,22H,9-12H2,1H3,(H,18,23)/t15-,16-/m1/s1. The van der Waals surface area contributed by atoms with E-state index in [1.54, 1.807) is 17.9 Å². The van der Waals surface area contributed by atoms with Crippen molar-refractivity contribution in [1.29, 1.82) is 0 Å². The van der Waals surface area contributed by atoms with Crippen molar-refractivity contribution in [2.75, 3.05) is 13.6 Å². The van der Waals surface area contributed by atoms with E-state index in [2.05, 4.69) is 27.4 Å². The summed E-state index contributed by atoms with van der Waals surface area (Å²) in [5.41, 5.74) is 2.43. The Morgan fingerprint density at radius 2 is 2.13 bits per heavy atom. The zero-order valence-electron chi connectivity index (χ0n) is 13.2. The number of likely N-dealkylation sites (N-methyl/N-ethyl adjacent to an activating group) is 1. The normalized spacial score (nSPS) is 19.1. The molecule has 2 atom stereocenters. The highest BCUT2D eigenvalue weighted by molar-refractivity contribution is 5.82. The molecule has 0 unspecified atom stereocenters. The number of carbonyl (C=O) groups excluding carboxylic acids is 1. The summed E-state index contributed by atoms with van der Waals surface area (Å²) >= 11 is 0. The lowest BCUT2D eigenvalue weighted by Crippen LogP contribution is -2.52. The predicted molar refractivity (Wildman–Crippen MR) is 86.6 cm³/mol. The maximum atomic E-state index is 12.2. The fourth-order valence-corrected chi connectivity index (χ4v) is 3.15. The Morgan fingerprint density at radius 1 is 1.35 bits per heavy atom. The number of rotatable bonds is 5. The molecule has 0 fully saturated rings. The van der Waals surface area contributed by atoms with Crippen molar-refractivity contribution in [1.82, 2.24) is 20.0 Å². The van der Waals surface area contributed by atoms with Crippen LogP contribution >= 0.6 is 0 Å². The van der Waals surface area contributed by atoms with Crippen molar-refractivity contribution in [2.24, 2.45) is 0 Å². The topological polar surface area (TPSA) is 70.4 Å². The molecule has 1 aliphatic rings. The van der Waals surface area contributed by atoms with Gasteiger partial charge in [0.05, 0.1) is 18.7 Å². The monoisotopic (exact) mass is 314 g/mol. The quantitative estimate of drug-likeness (QED) is 0.839. The van der Waals surface area contributed by atoms with Crippen LogP contribution in [0, 0.1) is 0 Å². The van der Waals surface area contributed by atoms with Crippen molar-refractivity contribution >= 4 is 5.91 Å². The molecule has 122 valence electrons. The van der Waals surface area contributed by atoms with Crippen LogP contribution in [0.1, 0.15) is 11.1 Å². The SMILES string of the molecule is CNC(=O)[C@H]1Cc2ccccc2CN1C[C@@H](O)Cn1cccn1. The number of hydrogen-bond donors (Lipinski definition) is 2. The van der Waals surface area contributed by atoms with Crippen LogP contribution < -0.4 is 5.32 Å². The summed E-state index contributed by atoms with van der Waals surface area (Å²) in [6, 6.07) is 9.75. The molecule has 0 saturated heterocycles. The molecular formula is C17H22N4O2. The molecular weight excluding hydrogens is 292 g/mol. The first kappa shape index (κ1) is 15.7. The zero-order chi connectivity index (χ0) is 16.2. The van der Waals surface area contributed by atoms with Gasteiger partial charge in [-0.1, -0.05) is 24.3 Å². The molecule has 2 heterocycles. The second kappa shape index (κ2) is 6.93. The summed E-state index contributed by atoms with van der Waals surface area (Å²) in [5.74, 6) is -0.00853. The Morgan fingerprint density at radius 3 is 2.83 bits per heavy atom. The fraction of sp³-hybridized carbons (Fsp3) is 0.412. The summed E-state index contributed by atoms with van der Waals surface area (Å²) in [7, 11) is 1.65. The van der Waals surface area contributed by atoms with Gasteiger partial charge in [-0.2, -0.15) is 5.10 Å². The largest absolute Gasteiger partial charge is 0.390 e. The summed E-state index contributed by atoms with van der Waals surface area (Å²) < 4.78 is 1.71. The van der Waals surface area contributed by atoms with Crippen LogP contribution in [0.15, 0.2) is 42.7 Å². The molecule has 1 aromatic carbocycles. The number of nitrogens with one attached hydrogen (secondary N) is 1. The van der Waals surface area contributed by atoms with Crippen LogP contribution in [0.2, 0.25) is 0 Å². The Bertz CT molecular complexity index is 656. The average Bonchev–Trinajstić information content (AvgIpc) is 3.06. The van der Waals surface area contributed by atoms with Crippen molar-refractivity contribution in [3.8, 4) is 0 Å². The van der Waals surface area contributed by atoms with E-state index in [1.807, 2.05) is 24.4 Å². The number of carbonyl (C=O) groups is 1. The van der Waals surface area contributed by atoms with Crippen LogP contribution in [0.5, 0.6) is 0 Å². The van der Waals surface area contributed by atoms with E-state index in [9.17, 15) is 9.90 Å². The Balaban J connectivity index is 1.73. The van der Waals surface area contributed by atoms with E-state index >= 15 is 0 Å². The van der Waals surface area contributed by atoms with Gasteiger partial charge < -0.3 is 10.4 Å². The van der Waals surface area contributed by atoms with E-state index in [0.29, 0.717) is 26.1 Å². The summed E-state index contributed by atoms with van der Waals surface area (Å²) in [4.78, 5) is 14.3. The van der Waals surface area contributed by atoms with Crippen LogP contribution in [0.3, 0.4) is 0 Å². The average molecular weight is 314 g/mol. The number of benzene rings is 1. The maximum absolute atomic E-state index is 12.2. The lowest BCUT2D eigenvalue weighted by Gasteiger charge is -2.36. The third-order valence-electron chi connectivity index (χ3n) is 4.30. The second-order valence-electron chi connectivity index (χ2n) is 5.91. The number of nitrogens with zero attached hydrogens (tertiary/aromatic N) is 3. The van der Waals surface area contributed by atoms with Gasteiger partial charge in [-0.25, -0.2) is 0 Å². The van der Waals surface area contributed by atoms with Gasteiger partial charge in [0.2, 0.25) is 5.91 Å². The predicted octanol–water partition coefficient (Wildman–Crippen LogP) is 0.417. The third-order valence-corrected chi connectivity index (χ3v) is 4.30. The van der Waals surface area contributed by atoms with Crippen molar-refractivity contribution < 1.29 is 9.90 Å². The van der Waals surface area contributed by atoms with E-state index in [1.165, 1.54) is 11.1 Å². The third kappa shape index (κ3) is 3.60. The molecule has 2 N–H and O–H groups in total. The highest BCUT2D eigenvalue weighted by Crippen LogP contribution is 2.23. The molecule has 0 bridgehead atoms. The number of fused-ring (bicyclic) bond motifs is 1. The highest BCUT2D eigenvalue weighted by Gasteiger charge is 2.31. The van der Waals surface area contributed by atoms with E-state index < -0.39 is 6.10 Å². The number of amides is 1. The van der Waals surface area contributed by atoms with Gasteiger partial charge in [0, 0.05) is 32.5 Å². The minimum Gasteiger partial charge on any atom is -0.390 e. The minimum atomic E-state index is -0.577. The number of aliphatic hydroxyl groups excluding tert-OH is 1. The molecule has 6 heteroatoms. The lowest BCUT2D eigenvalue weighted by molar-refractivity contribution is -0.127. The molecule has 1 amide bonds. The number of aliphatic hydroxyl groups is 1. The molecule has 6 nitrogen and oxygen atoms in total. The van der Waals surface area contributed by atoms with Crippen LogP contribution in [-0.2, 0) is 24.3 Å². The fourth-order valence-electron chi connectivity index (χ4n) is 3.15. The van der Waals surface area contributed by atoms with Gasteiger partial charge in [0.1, 0.15) is 0 Å². The van der Waals surface area contributed by atoms with Crippen LogP contribution in [0.25, 0.3) is 0 Å². The Kier molecular flexibility index (Phi) is 4.73. The molecule has 0 radical (unpaired) electrons. The first-order valence-electron chi connectivity index (χ1n) is 7.85. The van der Waals surface area contributed by atoms with Crippen LogP contribution in [0.4, 0.5) is 0 Å². The van der Waals surface area contributed by atoms with Crippen molar-refractivity contribution in [3.05, 3.63) is 53.9 Å². The molecule has 2 aromatic rings. The summed E-state index contributed by atoms with van der Waals surface area (Å²) in [6.45, 7) is 1.53. The second-order valence-corrected chi connectivity index (χ2v) is 5.91. The molecule has 1 aromatic heterocycles. The number of β-amino-alcohol motifs (C(OH)–C–C–N with tert-alkyl or cyclic N) is 1. The molecule has 0 saturated carbocycles. The smallest absolute Gasteiger partial charge is 0.237 e. The molecule has 1 aliphatic heterocycles. The van der Waals surface area contributed by atoms with Gasteiger partial charge in [-0.3, -0.25) is 14.4 Å². The lowest BCUT2D eigenvalue weighted by atomic mass is 9.93. The van der Waals surface area contributed by atoms with Gasteiger partial charge in [0.15, 0.2) is 0 Å². The van der Waals surface area contributed by atoms with E-state index in [0.717, 1.165) is 0 Å². The van der Waals surface area contributed by atoms with Gasteiger partial charge in [-0.15, -0.1) is 0 Å². The van der Waals surface area contributed by atoms with Crippen LogP contribution in [-0.4, -0.2) is 51.4 Å².